The van der Waals surface area contributed by atoms with E-state index in [1.54, 1.807) is 0 Å². The van der Waals surface area contributed by atoms with Crippen molar-refractivity contribution in [2.24, 2.45) is 0 Å². The Balaban J connectivity index is 0. The Kier molecular flexibility index (Phi) is 24.4. The van der Waals surface area contributed by atoms with Crippen molar-refractivity contribution in [2.45, 2.75) is 53.0 Å². The summed E-state index contributed by atoms with van der Waals surface area (Å²) in [6.45, 7) is -2.85. The van der Waals surface area contributed by atoms with Crippen LogP contribution in [-0.2, 0) is 80.1 Å². The predicted octanol–water partition coefficient (Wildman–Crippen LogP) is 6.03. The minimum atomic E-state index is -1.59. The van der Waals surface area contributed by atoms with Crippen molar-refractivity contribution in [3.05, 3.63) is 103 Å². The van der Waals surface area contributed by atoms with Crippen LogP contribution in [0.15, 0.2) is 0 Å². The second-order valence-electron chi connectivity index (χ2n) is 9.14. The fourth-order valence-electron chi connectivity index (χ4n) is 3.40. The van der Waals surface area contributed by atoms with E-state index in [1.165, 1.54) is 0 Å². The number of aliphatic hydroxyl groups excluding tert-OH is 4. The molecule has 7 nitrogen and oxygen atoms in total. The Labute approximate surface area is 297 Å². The van der Waals surface area contributed by atoms with Gasteiger partial charge in [0.1, 0.15) is 0 Å². The molecule has 0 fully saturated rings. The maximum Gasteiger partial charge on any atom is 0.167 e. The van der Waals surface area contributed by atoms with E-state index < -0.39 is 143 Å². The molecular weight excluding hydrogens is 792 g/mol. The molecule has 0 atom stereocenters. The number of ether oxygens (including phenoxy) is 3. The molecule has 0 aliphatic heterocycles. The number of rotatable bonds is 10. The van der Waals surface area contributed by atoms with Crippen molar-refractivity contribution in [1.82, 2.24) is 0 Å². The molecule has 20 heteroatoms. The molecule has 0 aliphatic rings. The van der Waals surface area contributed by atoms with Gasteiger partial charge in [0, 0.05) is 54.1 Å². The second kappa shape index (κ2) is 24.6. The SMILES string of the molecule is CCCO.COCc1c(F)c(F)c(CO)c(F)c1F.COCc1c(F)c(F)c(CO)c(F)c1F.COCc1c(F)c(F)c(CO)c(F)c1F.[Zr]. The molecule has 0 saturated heterocycles. The third-order valence-corrected chi connectivity index (χ3v) is 5.90. The van der Waals surface area contributed by atoms with Crippen LogP contribution in [0.2, 0.25) is 0 Å². The van der Waals surface area contributed by atoms with Gasteiger partial charge in [0.15, 0.2) is 69.8 Å². The number of benzene rings is 3. The van der Waals surface area contributed by atoms with Crippen LogP contribution in [0.25, 0.3) is 0 Å². The molecule has 0 spiro atoms. The molecule has 0 saturated carbocycles. The molecule has 0 bridgehead atoms. The Morgan fingerprint density at radius 3 is 0.600 bits per heavy atom. The van der Waals surface area contributed by atoms with E-state index in [1.807, 2.05) is 6.92 Å². The fourth-order valence-corrected chi connectivity index (χ4v) is 3.40. The summed E-state index contributed by atoms with van der Waals surface area (Å²) >= 11 is 0. The van der Waals surface area contributed by atoms with Crippen LogP contribution in [0.4, 0.5) is 52.7 Å². The van der Waals surface area contributed by atoms with Crippen molar-refractivity contribution < 1.29 is 114 Å². The van der Waals surface area contributed by atoms with E-state index in [4.69, 9.17) is 20.4 Å². The van der Waals surface area contributed by atoms with Crippen LogP contribution in [0.3, 0.4) is 0 Å². The molecule has 50 heavy (non-hydrogen) atoms. The predicted molar refractivity (Wildman–Crippen MR) is 146 cm³/mol. The van der Waals surface area contributed by atoms with Gasteiger partial charge >= 0.3 is 0 Å². The van der Waals surface area contributed by atoms with Gasteiger partial charge < -0.3 is 34.6 Å². The first-order valence-electron chi connectivity index (χ1n) is 13.5. The molecule has 0 heterocycles. The molecular formula is C30H32F12O7Zr. The first kappa shape index (κ1) is 49.5. The maximum absolute atomic E-state index is 13.1. The zero-order valence-electron chi connectivity index (χ0n) is 26.7. The third kappa shape index (κ3) is 12.3. The van der Waals surface area contributed by atoms with Crippen LogP contribution >= 0.6 is 0 Å². The van der Waals surface area contributed by atoms with E-state index >= 15 is 0 Å². The number of halogens is 12. The third-order valence-electron chi connectivity index (χ3n) is 5.90. The standard InChI is InChI=1S/3C9H8F4O2.C3H8O.Zr/c3*1-15-3-5-8(12)6(10)4(2-14)7(11)9(5)13;1-2-3-4;/h3*14H,2-3H2,1H3;4H,2-3H2,1H3;. The number of aliphatic hydroxyl groups is 4. The quantitative estimate of drug-likeness (QED) is 0.146. The van der Waals surface area contributed by atoms with Gasteiger partial charge in [-0.2, -0.15) is 0 Å². The summed E-state index contributed by atoms with van der Waals surface area (Å²) < 4.78 is 170. The van der Waals surface area contributed by atoms with Crippen molar-refractivity contribution >= 4 is 0 Å². The van der Waals surface area contributed by atoms with Crippen LogP contribution < -0.4 is 0 Å². The summed E-state index contributed by atoms with van der Waals surface area (Å²) in [6, 6.07) is 0. The van der Waals surface area contributed by atoms with Crippen LogP contribution in [-0.4, -0.2) is 48.4 Å². The van der Waals surface area contributed by atoms with Gasteiger partial charge in [-0.05, 0) is 6.42 Å². The van der Waals surface area contributed by atoms with Gasteiger partial charge in [-0.1, -0.05) is 6.92 Å². The van der Waals surface area contributed by atoms with E-state index in [0.29, 0.717) is 6.61 Å². The van der Waals surface area contributed by atoms with Gasteiger partial charge in [0.05, 0.1) is 73.0 Å². The fraction of sp³-hybridized carbons (Fsp3) is 0.400. The Morgan fingerprint density at radius 2 is 0.500 bits per heavy atom. The molecule has 0 aromatic heterocycles. The van der Waals surface area contributed by atoms with E-state index in [9.17, 15) is 52.7 Å². The molecule has 0 unspecified atom stereocenters. The Morgan fingerprint density at radius 1 is 0.360 bits per heavy atom. The summed E-state index contributed by atoms with van der Waals surface area (Å²) in [6.07, 6.45) is 0.875. The minimum absolute atomic E-state index is 0. The Bertz CT molecular complexity index is 1270. The first-order valence-corrected chi connectivity index (χ1v) is 13.5. The Hall–Kier alpha value is -2.58. The molecule has 0 aliphatic carbocycles. The monoisotopic (exact) mass is 822 g/mol. The zero-order chi connectivity index (χ0) is 38.2. The van der Waals surface area contributed by atoms with E-state index in [-0.39, 0.29) is 26.2 Å². The molecule has 3 rings (SSSR count). The summed E-state index contributed by atoms with van der Waals surface area (Å²) in [5.41, 5.74) is -5.56. The summed E-state index contributed by atoms with van der Waals surface area (Å²) in [4.78, 5) is 0. The molecule has 0 amide bonds. The van der Waals surface area contributed by atoms with Gasteiger partial charge in [-0.3, -0.25) is 0 Å². The maximum atomic E-state index is 13.1. The van der Waals surface area contributed by atoms with Crippen molar-refractivity contribution in [3.63, 3.8) is 0 Å². The summed E-state index contributed by atoms with van der Waals surface area (Å²) in [5.74, 6) is -18.8. The second-order valence-corrected chi connectivity index (χ2v) is 9.14. The number of hydrogen-bond donors (Lipinski definition) is 4. The van der Waals surface area contributed by atoms with Crippen LogP contribution in [0.1, 0.15) is 46.7 Å². The smallest absolute Gasteiger partial charge is 0.167 e. The molecule has 4 N–H and O–H groups in total. The molecule has 282 valence electrons. The largest absolute Gasteiger partial charge is 0.396 e. The van der Waals surface area contributed by atoms with Crippen LogP contribution in [0, 0.1) is 69.8 Å². The number of methoxy groups -OCH3 is 3. The van der Waals surface area contributed by atoms with Gasteiger partial charge in [0.2, 0.25) is 0 Å². The summed E-state index contributed by atoms with van der Waals surface area (Å²) in [5, 5.41) is 33.4. The normalized spacial score (nSPS) is 10.3. The van der Waals surface area contributed by atoms with Crippen LogP contribution in [0.5, 0.6) is 0 Å². The average molecular weight is 824 g/mol. The van der Waals surface area contributed by atoms with Crippen molar-refractivity contribution in [3.8, 4) is 0 Å². The van der Waals surface area contributed by atoms with Crippen molar-refractivity contribution in [2.75, 3.05) is 27.9 Å². The summed E-state index contributed by atoms with van der Waals surface area (Å²) in [7, 11) is 3.40. The van der Waals surface area contributed by atoms with Gasteiger partial charge in [-0.25, -0.2) is 52.7 Å². The first-order chi connectivity index (χ1) is 23.0. The topological polar surface area (TPSA) is 109 Å². The average Bonchev–Trinajstić information content (AvgIpc) is 3.09. The molecule has 0 radical (unpaired) electrons. The van der Waals surface area contributed by atoms with Crippen molar-refractivity contribution in [1.29, 1.82) is 0 Å². The van der Waals surface area contributed by atoms with Gasteiger partial charge in [-0.15, -0.1) is 0 Å². The van der Waals surface area contributed by atoms with E-state index in [2.05, 4.69) is 14.2 Å². The molecule has 3 aromatic rings. The zero-order valence-corrected chi connectivity index (χ0v) is 29.2. The molecule has 3 aromatic carbocycles. The van der Waals surface area contributed by atoms with Gasteiger partial charge in [0.25, 0.3) is 0 Å². The minimum Gasteiger partial charge on any atom is -0.396 e. The van der Waals surface area contributed by atoms with E-state index in [0.717, 1.165) is 27.8 Å². The number of hydrogen-bond acceptors (Lipinski definition) is 7.